The number of Topliss-reactive ketones (excluding diaryl/α,β-unsaturated/α-hetero) is 2. The summed E-state index contributed by atoms with van der Waals surface area (Å²) >= 11 is 0. The molecule has 8 nitrogen and oxygen atoms in total. The number of phenolic OH excluding ortho intramolecular Hbond substituents is 2. The molecule has 1 aromatic carbocycles. The first kappa shape index (κ1) is 35.1. The Morgan fingerprint density at radius 1 is 0.550 bits per heavy atom. The van der Waals surface area contributed by atoms with Gasteiger partial charge >= 0.3 is 11.9 Å². The van der Waals surface area contributed by atoms with E-state index in [1.807, 2.05) is 27.7 Å². The van der Waals surface area contributed by atoms with E-state index in [0.717, 1.165) is 64.2 Å². The maximum absolute atomic E-state index is 13.6. The minimum Gasteiger partial charge on any atom is -0.504 e. The zero-order chi connectivity index (χ0) is 29.9. The summed E-state index contributed by atoms with van der Waals surface area (Å²) in [6, 6.07) is 0. The number of carbonyl (C=O) groups is 4. The molecule has 0 saturated heterocycles. The van der Waals surface area contributed by atoms with Crippen LogP contribution in [0.4, 0.5) is 0 Å². The van der Waals surface area contributed by atoms with Crippen LogP contribution in [0.15, 0.2) is 0 Å². The van der Waals surface area contributed by atoms with Crippen LogP contribution in [0.2, 0.25) is 0 Å². The minimum atomic E-state index is -0.960. The third kappa shape index (κ3) is 11.3. The Bertz CT molecular complexity index is 966. The maximum atomic E-state index is 13.6. The lowest BCUT2D eigenvalue weighted by atomic mass is 9.89. The summed E-state index contributed by atoms with van der Waals surface area (Å²) in [7, 11) is 0. The molecular weight excluding hydrogens is 512 g/mol. The van der Waals surface area contributed by atoms with Crippen LogP contribution in [0.3, 0.4) is 0 Å². The lowest BCUT2D eigenvalue weighted by Gasteiger charge is -2.20. The van der Waals surface area contributed by atoms with E-state index in [1.54, 1.807) is 0 Å². The lowest BCUT2D eigenvalue weighted by Crippen LogP contribution is -2.21. The predicted molar refractivity (Wildman–Crippen MR) is 156 cm³/mol. The van der Waals surface area contributed by atoms with Crippen LogP contribution in [0.5, 0.6) is 17.2 Å². The second kappa shape index (κ2) is 20.0. The molecule has 0 aliphatic rings. The zero-order valence-corrected chi connectivity index (χ0v) is 25.1. The van der Waals surface area contributed by atoms with Gasteiger partial charge in [0.05, 0.1) is 23.3 Å². The van der Waals surface area contributed by atoms with Crippen LogP contribution < -0.4 is 4.74 Å². The number of ketones is 2. The molecule has 0 amide bonds. The summed E-state index contributed by atoms with van der Waals surface area (Å²) in [4.78, 5) is 53.1. The highest BCUT2D eigenvalue weighted by molar-refractivity contribution is 6.17. The number of benzene rings is 1. The fourth-order valence-corrected chi connectivity index (χ4v) is 4.46. The summed E-state index contributed by atoms with van der Waals surface area (Å²) < 4.78 is 10.9. The number of unbranched alkanes of at least 4 members (excludes halogenated alkanes) is 10. The van der Waals surface area contributed by atoms with Crippen molar-refractivity contribution in [3.8, 4) is 17.2 Å². The number of carbonyl (C=O) groups excluding carboxylic acids is 4. The van der Waals surface area contributed by atoms with Crippen LogP contribution >= 0.6 is 0 Å². The van der Waals surface area contributed by atoms with Gasteiger partial charge in [0, 0.05) is 19.3 Å². The molecule has 1 aromatic rings. The number of phenols is 2. The van der Waals surface area contributed by atoms with Gasteiger partial charge in [-0.15, -0.1) is 0 Å². The van der Waals surface area contributed by atoms with Crippen LogP contribution in [0.25, 0.3) is 0 Å². The topological polar surface area (TPSA) is 127 Å². The van der Waals surface area contributed by atoms with Gasteiger partial charge in [0.1, 0.15) is 0 Å². The Morgan fingerprint density at radius 2 is 1.02 bits per heavy atom. The van der Waals surface area contributed by atoms with E-state index in [9.17, 15) is 29.4 Å². The summed E-state index contributed by atoms with van der Waals surface area (Å²) in [5.74, 6) is -5.14. The van der Waals surface area contributed by atoms with E-state index >= 15 is 0 Å². The molecule has 0 radical (unpaired) electrons. The molecule has 40 heavy (non-hydrogen) atoms. The Morgan fingerprint density at radius 3 is 1.52 bits per heavy atom. The summed E-state index contributed by atoms with van der Waals surface area (Å²) in [5.41, 5.74) is -1.25. The molecule has 0 saturated carbocycles. The zero-order valence-electron chi connectivity index (χ0n) is 25.1. The van der Waals surface area contributed by atoms with Crippen molar-refractivity contribution in [2.24, 2.45) is 0 Å². The minimum absolute atomic E-state index is 0.0168. The number of esters is 2. The predicted octanol–water partition coefficient (Wildman–Crippen LogP) is 8.24. The average molecular weight is 563 g/mol. The van der Waals surface area contributed by atoms with E-state index in [1.165, 1.54) is 0 Å². The molecule has 0 spiro atoms. The second-order valence-electron chi connectivity index (χ2n) is 10.4. The molecule has 0 aliphatic heterocycles. The molecule has 0 bridgehead atoms. The average Bonchev–Trinajstić information content (AvgIpc) is 2.93. The highest BCUT2D eigenvalue weighted by Gasteiger charge is 2.36. The molecule has 0 heterocycles. The molecule has 0 unspecified atom stereocenters. The largest absolute Gasteiger partial charge is 0.504 e. The van der Waals surface area contributed by atoms with E-state index in [2.05, 4.69) is 0 Å². The fraction of sp³-hybridized carbons (Fsp3) is 0.688. The highest BCUT2D eigenvalue weighted by atomic mass is 16.5. The molecule has 0 atom stereocenters. The smallest absolute Gasteiger partial charge is 0.339 e. The van der Waals surface area contributed by atoms with Crippen molar-refractivity contribution in [3.05, 3.63) is 16.7 Å². The van der Waals surface area contributed by atoms with E-state index in [-0.39, 0.29) is 31.4 Å². The van der Waals surface area contributed by atoms with Gasteiger partial charge in [-0.2, -0.15) is 0 Å². The first-order valence-corrected chi connectivity index (χ1v) is 15.3. The van der Waals surface area contributed by atoms with Gasteiger partial charge < -0.3 is 19.7 Å². The van der Waals surface area contributed by atoms with E-state index in [0.29, 0.717) is 25.7 Å². The van der Waals surface area contributed by atoms with E-state index in [4.69, 9.17) is 9.47 Å². The van der Waals surface area contributed by atoms with Gasteiger partial charge in [-0.1, -0.05) is 91.9 Å². The van der Waals surface area contributed by atoms with Crippen molar-refractivity contribution in [2.45, 2.75) is 137 Å². The lowest BCUT2D eigenvalue weighted by molar-refractivity contribution is -0.134. The number of aromatic hydroxyl groups is 2. The molecule has 0 aliphatic carbocycles. The molecule has 1 rings (SSSR count). The molecular formula is C32H50O8. The number of hydrogen-bond donors (Lipinski definition) is 2. The van der Waals surface area contributed by atoms with Crippen molar-refractivity contribution >= 4 is 23.5 Å². The number of ether oxygens (including phenoxy) is 2. The van der Waals surface area contributed by atoms with Crippen LogP contribution in [-0.2, 0) is 9.53 Å². The van der Waals surface area contributed by atoms with Crippen molar-refractivity contribution < 1.29 is 38.9 Å². The first-order valence-electron chi connectivity index (χ1n) is 15.3. The van der Waals surface area contributed by atoms with Gasteiger partial charge in [-0.25, -0.2) is 4.79 Å². The van der Waals surface area contributed by atoms with E-state index < -0.39 is 51.9 Å². The SMILES string of the molecule is CCCCCCC(=O)Oc1c(O)c(O)c(C(=O)CCCCCC)c(C(=O)OCCCC)c1C(=O)CCCCCC. The van der Waals surface area contributed by atoms with Crippen LogP contribution in [-0.4, -0.2) is 40.3 Å². The van der Waals surface area contributed by atoms with Gasteiger partial charge in [0.25, 0.3) is 0 Å². The Labute approximate surface area is 239 Å². The second-order valence-corrected chi connectivity index (χ2v) is 10.4. The third-order valence-electron chi connectivity index (χ3n) is 6.86. The standard InChI is InChI=1S/C32H50O8/c1-5-9-13-16-19-23(33)26-28(32(38)39-22-12-8-4)27(24(34)20-17-14-10-6-2)31(30(37)29(26)36)40-25(35)21-18-15-11-7-3/h36-37H,5-22H2,1-4H3. The summed E-state index contributed by atoms with van der Waals surface area (Å²) in [6.07, 6.45) is 11.0. The molecule has 0 fully saturated rings. The Hall–Kier alpha value is -2.90. The van der Waals surface area contributed by atoms with Gasteiger partial charge in [0.2, 0.25) is 5.75 Å². The van der Waals surface area contributed by atoms with Crippen molar-refractivity contribution in [3.63, 3.8) is 0 Å². The van der Waals surface area contributed by atoms with Crippen molar-refractivity contribution in [2.75, 3.05) is 6.61 Å². The quantitative estimate of drug-likeness (QED) is 0.0475. The fourth-order valence-electron chi connectivity index (χ4n) is 4.46. The molecule has 8 heteroatoms. The highest BCUT2D eigenvalue weighted by Crippen LogP contribution is 2.46. The van der Waals surface area contributed by atoms with Gasteiger partial charge in [-0.3, -0.25) is 14.4 Å². The molecule has 0 aromatic heterocycles. The number of hydrogen-bond acceptors (Lipinski definition) is 8. The third-order valence-corrected chi connectivity index (χ3v) is 6.86. The summed E-state index contributed by atoms with van der Waals surface area (Å²) in [5, 5.41) is 22.0. The van der Waals surface area contributed by atoms with Crippen LogP contribution in [0.1, 0.15) is 168 Å². The maximum Gasteiger partial charge on any atom is 0.339 e. The Kier molecular flexibility index (Phi) is 17.6. The summed E-state index contributed by atoms with van der Waals surface area (Å²) in [6.45, 7) is 8.11. The van der Waals surface area contributed by atoms with Gasteiger partial charge in [-0.05, 0) is 25.7 Å². The van der Waals surface area contributed by atoms with Crippen molar-refractivity contribution in [1.82, 2.24) is 0 Å². The van der Waals surface area contributed by atoms with Crippen LogP contribution in [0, 0.1) is 0 Å². The monoisotopic (exact) mass is 562 g/mol. The molecule has 2 N–H and O–H groups in total. The normalized spacial score (nSPS) is 10.9. The van der Waals surface area contributed by atoms with Crippen molar-refractivity contribution in [1.29, 1.82) is 0 Å². The van der Waals surface area contributed by atoms with Gasteiger partial charge in [0.15, 0.2) is 23.1 Å². The first-order chi connectivity index (χ1) is 19.2. The molecule has 226 valence electrons. The Balaban J connectivity index is 3.66. The number of rotatable bonds is 22.